The first-order valence-electron chi connectivity index (χ1n) is 7.67. The molecular formula is C16H21ClN2O4. The molecule has 3 N–H and O–H groups in total. The molecule has 23 heavy (non-hydrogen) atoms. The molecule has 1 aromatic rings. The van der Waals surface area contributed by atoms with Crippen molar-refractivity contribution >= 4 is 23.4 Å². The molecule has 1 aliphatic heterocycles. The van der Waals surface area contributed by atoms with E-state index in [2.05, 4.69) is 5.32 Å². The fourth-order valence-electron chi connectivity index (χ4n) is 2.64. The summed E-state index contributed by atoms with van der Waals surface area (Å²) >= 11 is 5.59. The Morgan fingerprint density at radius 3 is 2.35 bits per heavy atom. The summed E-state index contributed by atoms with van der Waals surface area (Å²) < 4.78 is 0. The van der Waals surface area contributed by atoms with Gasteiger partial charge < -0.3 is 20.4 Å². The Kier molecular flexibility index (Phi) is 6.10. The lowest BCUT2D eigenvalue weighted by Crippen LogP contribution is -2.46. The van der Waals surface area contributed by atoms with Gasteiger partial charge in [0.05, 0.1) is 0 Å². The van der Waals surface area contributed by atoms with Crippen molar-refractivity contribution in [3.63, 3.8) is 0 Å². The molecule has 0 unspecified atom stereocenters. The topological polar surface area (TPSA) is 89.9 Å². The molecule has 1 heterocycles. The number of phenols is 2. The Morgan fingerprint density at radius 1 is 1.17 bits per heavy atom. The third-order valence-electron chi connectivity index (χ3n) is 3.87. The van der Waals surface area contributed by atoms with Crippen LogP contribution < -0.4 is 5.32 Å². The van der Waals surface area contributed by atoms with Crippen molar-refractivity contribution < 1.29 is 19.8 Å². The standard InChI is InChI=1S/C16H21ClN2O4/c17-5-1-2-15(22)19-6-3-12(4-7-19)18-16(23)11-8-13(20)10-14(21)9-11/h8-10,12,20-21H,1-7H2,(H,18,23). The number of phenolic OH excluding ortho intramolecular Hbond substituents is 2. The number of likely N-dealkylation sites (tertiary alicyclic amines) is 1. The first-order valence-corrected chi connectivity index (χ1v) is 8.20. The van der Waals surface area contributed by atoms with Crippen LogP contribution in [0.4, 0.5) is 0 Å². The highest BCUT2D eigenvalue weighted by molar-refractivity contribution is 6.17. The summed E-state index contributed by atoms with van der Waals surface area (Å²) in [6, 6.07) is 3.76. The number of benzene rings is 1. The molecule has 126 valence electrons. The lowest BCUT2D eigenvalue weighted by molar-refractivity contribution is -0.132. The Bertz CT molecular complexity index is 551. The number of amides is 2. The van der Waals surface area contributed by atoms with Gasteiger partial charge in [0.2, 0.25) is 5.91 Å². The monoisotopic (exact) mass is 340 g/mol. The summed E-state index contributed by atoms with van der Waals surface area (Å²) in [5.74, 6) is -0.0733. The van der Waals surface area contributed by atoms with Crippen molar-refractivity contribution in [1.29, 1.82) is 0 Å². The Hall–Kier alpha value is -1.95. The summed E-state index contributed by atoms with van der Waals surface area (Å²) in [6.45, 7) is 1.22. The van der Waals surface area contributed by atoms with Crippen LogP contribution in [-0.4, -0.2) is 51.9 Å². The summed E-state index contributed by atoms with van der Waals surface area (Å²) in [6.07, 6.45) is 2.51. The van der Waals surface area contributed by atoms with Crippen LogP contribution in [0.5, 0.6) is 11.5 Å². The number of nitrogens with zero attached hydrogens (tertiary/aromatic N) is 1. The van der Waals surface area contributed by atoms with Gasteiger partial charge in [-0.15, -0.1) is 11.6 Å². The van der Waals surface area contributed by atoms with Gasteiger partial charge in [0.25, 0.3) is 5.91 Å². The molecule has 0 aromatic heterocycles. The maximum absolute atomic E-state index is 12.1. The maximum Gasteiger partial charge on any atom is 0.251 e. The van der Waals surface area contributed by atoms with E-state index in [0.29, 0.717) is 44.7 Å². The SMILES string of the molecule is O=C(NC1CCN(C(=O)CCCCl)CC1)c1cc(O)cc(O)c1. The number of hydrogen-bond donors (Lipinski definition) is 3. The van der Waals surface area contributed by atoms with E-state index in [1.165, 1.54) is 18.2 Å². The molecule has 2 rings (SSSR count). The molecule has 0 atom stereocenters. The van der Waals surface area contributed by atoms with Crippen LogP contribution in [0, 0.1) is 0 Å². The first-order chi connectivity index (χ1) is 11.0. The molecule has 7 heteroatoms. The molecule has 0 saturated carbocycles. The molecular weight excluding hydrogens is 320 g/mol. The second kappa shape index (κ2) is 8.06. The van der Waals surface area contributed by atoms with Gasteiger partial charge in [-0.3, -0.25) is 9.59 Å². The van der Waals surface area contributed by atoms with Crippen LogP contribution in [0.3, 0.4) is 0 Å². The van der Waals surface area contributed by atoms with Crippen LogP contribution in [0.25, 0.3) is 0 Å². The van der Waals surface area contributed by atoms with Gasteiger partial charge in [-0.2, -0.15) is 0 Å². The smallest absolute Gasteiger partial charge is 0.251 e. The second-order valence-electron chi connectivity index (χ2n) is 5.66. The molecule has 6 nitrogen and oxygen atoms in total. The lowest BCUT2D eigenvalue weighted by Gasteiger charge is -2.32. The van der Waals surface area contributed by atoms with E-state index in [1.807, 2.05) is 0 Å². The minimum atomic E-state index is -0.344. The maximum atomic E-state index is 12.1. The molecule has 2 amide bonds. The molecule has 0 aliphatic carbocycles. The van der Waals surface area contributed by atoms with Gasteiger partial charge in [-0.25, -0.2) is 0 Å². The molecule has 0 bridgehead atoms. The van der Waals surface area contributed by atoms with Crippen molar-refractivity contribution in [3.05, 3.63) is 23.8 Å². The van der Waals surface area contributed by atoms with Crippen molar-refractivity contribution in [2.75, 3.05) is 19.0 Å². The number of rotatable bonds is 5. The molecule has 0 radical (unpaired) electrons. The quantitative estimate of drug-likeness (QED) is 0.713. The van der Waals surface area contributed by atoms with Gasteiger partial charge in [0.15, 0.2) is 0 Å². The number of alkyl halides is 1. The number of piperidine rings is 1. The second-order valence-corrected chi connectivity index (χ2v) is 6.04. The van der Waals surface area contributed by atoms with Crippen molar-refractivity contribution in [1.82, 2.24) is 10.2 Å². The third-order valence-corrected chi connectivity index (χ3v) is 4.14. The molecule has 1 aliphatic rings. The van der Waals surface area contributed by atoms with Crippen LogP contribution in [-0.2, 0) is 4.79 Å². The number of aromatic hydroxyl groups is 2. The van der Waals surface area contributed by atoms with Gasteiger partial charge in [0.1, 0.15) is 11.5 Å². The minimum absolute atomic E-state index is 0.0240. The van der Waals surface area contributed by atoms with E-state index in [1.54, 1.807) is 4.90 Å². The normalized spacial score (nSPS) is 15.4. The van der Waals surface area contributed by atoms with E-state index in [0.717, 1.165) is 0 Å². The van der Waals surface area contributed by atoms with Crippen LogP contribution >= 0.6 is 11.6 Å². The van der Waals surface area contributed by atoms with Gasteiger partial charge in [0, 0.05) is 43.1 Å². The summed E-state index contributed by atoms with van der Waals surface area (Å²) in [4.78, 5) is 25.9. The number of carbonyl (C=O) groups excluding carboxylic acids is 2. The summed E-state index contributed by atoms with van der Waals surface area (Å²) in [5, 5.41) is 21.7. The van der Waals surface area contributed by atoms with E-state index >= 15 is 0 Å². The number of nitrogens with one attached hydrogen (secondary N) is 1. The average molecular weight is 341 g/mol. The zero-order valence-corrected chi connectivity index (χ0v) is 13.6. The number of carbonyl (C=O) groups is 2. The largest absolute Gasteiger partial charge is 0.508 e. The van der Waals surface area contributed by atoms with Crippen molar-refractivity contribution in [2.24, 2.45) is 0 Å². The van der Waals surface area contributed by atoms with E-state index < -0.39 is 0 Å². The Morgan fingerprint density at radius 2 is 1.78 bits per heavy atom. The zero-order chi connectivity index (χ0) is 16.8. The minimum Gasteiger partial charge on any atom is -0.508 e. The lowest BCUT2D eigenvalue weighted by atomic mass is 10.0. The van der Waals surface area contributed by atoms with Crippen molar-refractivity contribution in [3.8, 4) is 11.5 Å². The first kappa shape index (κ1) is 17.4. The van der Waals surface area contributed by atoms with E-state index in [4.69, 9.17) is 11.6 Å². The van der Waals surface area contributed by atoms with Gasteiger partial charge in [-0.1, -0.05) is 0 Å². The van der Waals surface area contributed by atoms with Crippen LogP contribution in [0.2, 0.25) is 0 Å². The highest BCUT2D eigenvalue weighted by Gasteiger charge is 2.24. The van der Waals surface area contributed by atoms with Gasteiger partial charge >= 0.3 is 0 Å². The highest BCUT2D eigenvalue weighted by Crippen LogP contribution is 2.21. The molecule has 1 saturated heterocycles. The molecule has 0 spiro atoms. The highest BCUT2D eigenvalue weighted by atomic mass is 35.5. The fourth-order valence-corrected chi connectivity index (χ4v) is 2.78. The van der Waals surface area contributed by atoms with Gasteiger partial charge in [-0.05, 0) is 31.4 Å². The van der Waals surface area contributed by atoms with Crippen LogP contribution in [0.1, 0.15) is 36.0 Å². The Balaban J connectivity index is 1.84. The summed E-state index contributed by atoms with van der Waals surface area (Å²) in [5.41, 5.74) is 0.211. The van der Waals surface area contributed by atoms with Crippen LogP contribution in [0.15, 0.2) is 18.2 Å². The molecule has 1 fully saturated rings. The summed E-state index contributed by atoms with van der Waals surface area (Å²) in [7, 11) is 0. The van der Waals surface area contributed by atoms with Crippen molar-refractivity contribution in [2.45, 2.75) is 31.7 Å². The molecule has 1 aromatic carbocycles. The van der Waals surface area contributed by atoms with E-state index in [9.17, 15) is 19.8 Å². The predicted molar refractivity (Wildman–Crippen MR) is 86.8 cm³/mol. The Labute approximate surface area is 140 Å². The fraction of sp³-hybridized carbons (Fsp3) is 0.500. The average Bonchev–Trinajstić information content (AvgIpc) is 2.52. The third kappa shape index (κ3) is 5.03. The number of halogens is 1. The zero-order valence-electron chi connectivity index (χ0n) is 12.8. The number of hydrogen-bond acceptors (Lipinski definition) is 4. The van der Waals surface area contributed by atoms with E-state index in [-0.39, 0.29) is 34.9 Å². The predicted octanol–water partition coefficient (Wildman–Crippen LogP) is 1.84.